The Morgan fingerprint density at radius 3 is 2.04 bits per heavy atom. The van der Waals surface area contributed by atoms with Gasteiger partial charge in [0.25, 0.3) is 10.0 Å². The second-order valence-corrected chi connectivity index (χ2v) is 8.86. The van der Waals surface area contributed by atoms with Gasteiger partial charge in [0.05, 0.1) is 4.90 Å². The van der Waals surface area contributed by atoms with Crippen molar-refractivity contribution in [3.8, 4) is 0 Å². The lowest BCUT2D eigenvalue weighted by Gasteiger charge is -2.19. The molecule has 2 aromatic carbocycles. The molecule has 0 radical (unpaired) electrons. The van der Waals surface area contributed by atoms with Crippen LogP contribution in [-0.4, -0.2) is 8.42 Å². The molecule has 0 saturated carbocycles. The summed E-state index contributed by atoms with van der Waals surface area (Å²) in [6, 6.07) is 10.7. The molecule has 0 aliphatic rings. The highest BCUT2D eigenvalue weighted by atomic mass is 35.5. The average molecular weight is 352 g/mol. The molecule has 0 atom stereocenters. The zero-order chi connectivity index (χ0) is 17.4. The number of aryl methyl sites for hydroxylation is 2. The Balaban J connectivity index is 2.34. The zero-order valence-corrected chi connectivity index (χ0v) is 15.6. The number of benzene rings is 2. The van der Waals surface area contributed by atoms with Gasteiger partial charge in [0, 0.05) is 10.7 Å². The van der Waals surface area contributed by atoms with Gasteiger partial charge in [0.1, 0.15) is 0 Å². The minimum absolute atomic E-state index is 0.0291. The van der Waals surface area contributed by atoms with Crippen molar-refractivity contribution in [1.82, 2.24) is 0 Å². The topological polar surface area (TPSA) is 46.2 Å². The molecule has 1 N–H and O–H groups in total. The predicted octanol–water partition coefficient (Wildman–Crippen LogP) is 5.06. The first-order valence-electron chi connectivity index (χ1n) is 7.41. The van der Waals surface area contributed by atoms with Crippen molar-refractivity contribution >= 4 is 27.3 Å². The maximum Gasteiger partial charge on any atom is 0.262 e. The van der Waals surface area contributed by atoms with Crippen LogP contribution in [0.15, 0.2) is 41.3 Å². The van der Waals surface area contributed by atoms with E-state index in [1.54, 1.807) is 38.1 Å². The van der Waals surface area contributed by atoms with Crippen molar-refractivity contribution in [2.24, 2.45) is 0 Å². The molecule has 0 spiro atoms. The molecule has 0 aromatic heterocycles. The highest BCUT2D eigenvalue weighted by Gasteiger charge is 2.19. The predicted molar refractivity (Wildman–Crippen MR) is 96.9 cm³/mol. The Morgan fingerprint density at radius 2 is 1.52 bits per heavy atom. The summed E-state index contributed by atoms with van der Waals surface area (Å²) in [5.41, 5.74) is 3.09. The molecule has 0 amide bonds. The largest absolute Gasteiger partial charge is 0.280 e. The molecule has 0 bridgehead atoms. The molecular formula is C18H22ClNO2S. The smallest absolute Gasteiger partial charge is 0.262 e. The Labute approximate surface area is 143 Å². The summed E-state index contributed by atoms with van der Waals surface area (Å²) in [6.07, 6.45) is 0. The fraction of sp³-hybridized carbons (Fsp3) is 0.333. The highest BCUT2D eigenvalue weighted by molar-refractivity contribution is 7.92. The highest BCUT2D eigenvalue weighted by Crippen LogP contribution is 2.27. The third kappa shape index (κ3) is 4.06. The second-order valence-electron chi connectivity index (χ2n) is 6.80. The van der Waals surface area contributed by atoms with E-state index in [0.29, 0.717) is 16.3 Å². The van der Waals surface area contributed by atoms with Gasteiger partial charge < -0.3 is 0 Å². The maximum absolute atomic E-state index is 12.6. The van der Waals surface area contributed by atoms with Crippen molar-refractivity contribution in [3.63, 3.8) is 0 Å². The number of sulfonamides is 1. The van der Waals surface area contributed by atoms with Crippen LogP contribution >= 0.6 is 11.6 Å². The summed E-state index contributed by atoms with van der Waals surface area (Å²) in [4.78, 5) is 0.249. The van der Waals surface area contributed by atoms with Crippen LogP contribution in [-0.2, 0) is 15.4 Å². The molecular weight excluding hydrogens is 330 g/mol. The molecule has 23 heavy (non-hydrogen) atoms. The van der Waals surface area contributed by atoms with Crippen molar-refractivity contribution < 1.29 is 8.42 Å². The molecule has 0 saturated heterocycles. The van der Waals surface area contributed by atoms with Crippen LogP contribution in [0.4, 0.5) is 5.69 Å². The van der Waals surface area contributed by atoms with E-state index in [1.807, 2.05) is 12.1 Å². The van der Waals surface area contributed by atoms with Crippen molar-refractivity contribution in [2.45, 2.75) is 44.9 Å². The quantitative estimate of drug-likeness (QED) is 0.840. The van der Waals surface area contributed by atoms with Gasteiger partial charge in [-0.15, -0.1) is 0 Å². The second kappa shape index (κ2) is 6.17. The summed E-state index contributed by atoms with van der Waals surface area (Å²) in [5, 5.41) is 0.566. The van der Waals surface area contributed by atoms with E-state index in [1.165, 1.54) is 0 Å². The summed E-state index contributed by atoms with van der Waals surface area (Å²) in [5.74, 6) is 0. The molecule has 2 rings (SSSR count). The fourth-order valence-electron chi connectivity index (χ4n) is 2.29. The number of hydrogen-bond donors (Lipinski definition) is 1. The van der Waals surface area contributed by atoms with Gasteiger partial charge >= 0.3 is 0 Å². The minimum Gasteiger partial charge on any atom is -0.280 e. The minimum atomic E-state index is -3.64. The van der Waals surface area contributed by atoms with Gasteiger partial charge in [0.15, 0.2) is 0 Å². The Kier molecular flexibility index (Phi) is 4.79. The number of halogens is 1. The molecule has 0 fully saturated rings. The first kappa shape index (κ1) is 17.8. The molecule has 0 heterocycles. The lowest BCUT2D eigenvalue weighted by Crippen LogP contribution is -2.15. The lowest BCUT2D eigenvalue weighted by molar-refractivity contribution is 0.590. The third-order valence-corrected chi connectivity index (χ3v) is 5.68. The van der Waals surface area contributed by atoms with E-state index >= 15 is 0 Å². The van der Waals surface area contributed by atoms with Crippen molar-refractivity contribution in [3.05, 3.63) is 58.1 Å². The van der Waals surface area contributed by atoms with E-state index < -0.39 is 10.0 Å². The molecule has 3 nitrogen and oxygen atoms in total. The fourth-order valence-corrected chi connectivity index (χ4v) is 3.88. The standard InChI is InChI=1S/C18H22ClNO2S/c1-12-11-17(13(2)10-16(12)19)23(21,22)20-15-8-6-14(7-9-15)18(3,4)5/h6-11,20H,1-5H3. The summed E-state index contributed by atoms with van der Waals surface area (Å²) >= 11 is 6.04. The van der Waals surface area contributed by atoms with Crippen LogP contribution in [0.2, 0.25) is 5.02 Å². The molecule has 2 aromatic rings. The zero-order valence-electron chi connectivity index (χ0n) is 14.1. The van der Waals surface area contributed by atoms with Crippen LogP contribution in [0, 0.1) is 13.8 Å². The average Bonchev–Trinajstić information content (AvgIpc) is 2.41. The van der Waals surface area contributed by atoms with Gasteiger partial charge in [0.2, 0.25) is 0 Å². The van der Waals surface area contributed by atoms with E-state index in [4.69, 9.17) is 11.6 Å². The van der Waals surface area contributed by atoms with E-state index in [2.05, 4.69) is 25.5 Å². The van der Waals surface area contributed by atoms with Crippen molar-refractivity contribution in [1.29, 1.82) is 0 Å². The van der Waals surface area contributed by atoms with Crippen LogP contribution in [0.25, 0.3) is 0 Å². The molecule has 0 aliphatic heterocycles. The third-order valence-electron chi connectivity index (χ3n) is 3.75. The van der Waals surface area contributed by atoms with E-state index in [9.17, 15) is 8.42 Å². The number of nitrogens with one attached hydrogen (secondary N) is 1. The normalized spacial score (nSPS) is 12.3. The van der Waals surface area contributed by atoms with Gasteiger partial charge in [-0.25, -0.2) is 8.42 Å². The Hall–Kier alpha value is -1.52. The Morgan fingerprint density at radius 1 is 0.957 bits per heavy atom. The number of hydrogen-bond acceptors (Lipinski definition) is 2. The first-order valence-corrected chi connectivity index (χ1v) is 9.27. The monoisotopic (exact) mass is 351 g/mol. The van der Waals surface area contributed by atoms with Gasteiger partial charge in [-0.2, -0.15) is 0 Å². The number of rotatable bonds is 3. The summed E-state index contributed by atoms with van der Waals surface area (Å²) in [6.45, 7) is 9.88. The SMILES string of the molecule is Cc1cc(S(=O)(=O)Nc2ccc(C(C)(C)C)cc2)c(C)cc1Cl. The van der Waals surface area contributed by atoms with Gasteiger partial charge in [-0.1, -0.05) is 44.5 Å². The summed E-state index contributed by atoms with van der Waals surface area (Å²) in [7, 11) is -3.64. The maximum atomic E-state index is 12.6. The first-order chi connectivity index (χ1) is 10.5. The van der Waals surface area contributed by atoms with Gasteiger partial charge in [-0.3, -0.25) is 4.72 Å². The van der Waals surface area contributed by atoms with E-state index in [-0.39, 0.29) is 10.3 Å². The molecule has 124 valence electrons. The number of anilines is 1. The van der Waals surface area contributed by atoms with Crippen LogP contribution in [0.3, 0.4) is 0 Å². The lowest BCUT2D eigenvalue weighted by atomic mass is 9.87. The van der Waals surface area contributed by atoms with Crippen LogP contribution in [0.5, 0.6) is 0 Å². The van der Waals surface area contributed by atoms with Crippen LogP contribution in [0.1, 0.15) is 37.5 Å². The summed E-state index contributed by atoms with van der Waals surface area (Å²) < 4.78 is 27.9. The molecule has 0 unspecified atom stereocenters. The van der Waals surface area contributed by atoms with Crippen LogP contribution < -0.4 is 4.72 Å². The van der Waals surface area contributed by atoms with E-state index in [0.717, 1.165) is 11.1 Å². The van der Waals surface area contributed by atoms with Gasteiger partial charge in [-0.05, 0) is 60.2 Å². The van der Waals surface area contributed by atoms with Crippen molar-refractivity contribution in [2.75, 3.05) is 4.72 Å². The molecule has 5 heteroatoms. The Bertz CT molecular complexity index is 819. The molecule has 0 aliphatic carbocycles.